The fourth-order valence-corrected chi connectivity index (χ4v) is 3.19. The maximum absolute atomic E-state index is 13.6. The first-order chi connectivity index (χ1) is 13.3. The third-order valence-corrected chi connectivity index (χ3v) is 4.66. The molecular weight excluding hydrogens is 376 g/mol. The molecule has 0 saturated heterocycles. The van der Waals surface area contributed by atoms with Crippen LogP contribution in [0.5, 0.6) is 0 Å². The van der Waals surface area contributed by atoms with Gasteiger partial charge < -0.3 is 5.32 Å². The van der Waals surface area contributed by atoms with Crippen molar-refractivity contribution in [2.45, 2.75) is 38.7 Å². The molecule has 0 spiro atoms. The molecule has 2 aromatic heterocycles. The minimum atomic E-state index is -2.68. The number of alkyl halides is 2. The van der Waals surface area contributed by atoms with Crippen LogP contribution in [0.2, 0.25) is 0 Å². The lowest BCUT2D eigenvalue weighted by molar-refractivity contribution is -0.116. The third kappa shape index (κ3) is 3.44. The summed E-state index contributed by atoms with van der Waals surface area (Å²) in [6, 6.07) is 4.40. The molecule has 1 amide bonds. The normalized spacial score (nSPS) is 14.1. The summed E-state index contributed by atoms with van der Waals surface area (Å²) in [5, 5.41) is 6.87. The van der Waals surface area contributed by atoms with Crippen molar-refractivity contribution in [3.05, 3.63) is 52.9 Å². The lowest BCUT2D eigenvalue weighted by Crippen LogP contribution is -2.20. The van der Waals surface area contributed by atoms with E-state index >= 15 is 0 Å². The number of benzene rings is 1. The number of carbonyl (C=O) groups excluding carboxylic acids is 1. The fraction of sp³-hybridized carbons (Fsp3) is 0.316. The van der Waals surface area contributed by atoms with Gasteiger partial charge in [-0.2, -0.15) is 5.10 Å². The van der Waals surface area contributed by atoms with Crippen molar-refractivity contribution in [2.75, 3.05) is 5.32 Å². The Kier molecular flexibility index (Phi) is 4.52. The van der Waals surface area contributed by atoms with E-state index in [2.05, 4.69) is 15.4 Å². The Bertz CT molecular complexity index is 1080. The number of rotatable bonds is 5. The molecule has 146 valence electrons. The topological polar surface area (TPSA) is 59.8 Å². The number of hydrogen-bond acceptors (Lipinski definition) is 3. The molecule has 0 atom stereocenters. The van der Waals surface area contributed by atoms with Gasteiger partial charge in [0.15, 0.2) is 17.3 Å². The van der Waals surface area contributed by atoms with Crippen LogP contribution in [0.4, 0.5) is 23.2 Å². The summed E-state index contributed by atoms with van der Waals surface area (Å²) >= 11 is 0. The second-order valence-electron chi connectivity index (χ2n) is 6.83. The monoisotopic (exact) mass is 392 g/mol. The van der Waals surface area contributed by atoms with E-state index < -0.39 is 24.0 Å². The molecule has 1 fully saturated rings. The molecule has 5 nitrogen and oxygen atoms in total. The predicted octanol–water partition coefficient (Wildman–Crippen LogP) is 4.47. The molecule has 1 aromatic carbocycles. The molecule has 0 bridgehead atoms. The predicted molar refractivity (Wildman–Crippen MR) is 94.2 cm³/mol. The van der Waals surface area contributed by atoms with E-state index in [0.717, 1.165) is 25.0 Å². The fourth-order valence-electron chi connectivity index (χ4n) is 3.19. The SMILES string of the molecule is Cc1nn(CC(=O)Nc2ccc(F)c(F)c2)c2nc(C3CC3)cc(C(F)F)c12. The molecule has 4 rings (SSSR count). The van der Waals surface area contributed by atoms with Gasteiger partial charge in [-0.1, -0.05) is 0 Å². The summed E-state index contributed by atoms with van der Waals surface area (Å²) in [4.78, 5) is 16.8. The molecule has 1 aliphatic rings. The molecule has 1 aliphatic carbocycles. The van der Waals surface area contributed by atoms with Crippen LogP contribution in [0.15, 0.2) is 24.3 Å². The van der Waals surface area contributed by atoms with Crippen LogP contribution >= 0.6 is 0 Å². The Morgan fingerprint density at radius 3 is 2.64 bits per heavy atom. The highest BCUT2D eigenvalue weighted by Gasteiger charge is 2.29. The average molecular weight is 392 g/mol. The average Bonchev–Trinajstić information content (AvgIpc) is 3.44. The molecule has 1 N–H and O–H groups in total. The van der Waals surface area contributed by atoms with Gasteiger partial charge in [-0.15, -0.1) is 0 Å². The third-order valence-electron chi connectivity index (χ3n) is 4.66. The summed E-state index contributed by atoms with van der Waals surface area (Å²) in [6.45, 7) is 1.28. The summed E-state index contributed by atoms with van der Waals surface area (Å²) < 4.78 is 54.7. The van der Waals surface area contributed by atoms with E-state index in [1.807, 2.05) is 0 Å². The van der Waals surface area contributed by atoms with Crippen molar-refractivity contribution < 1.29 is 22.4 Å². The maximum Gasteiger partial charge on any atom is 0.264 e. The Hall–Kier alpha value is -2.97. The number of nitrogens with zero attached hydrogens (tertiary/aromatic N) is 3. The van der Waals surface area contributed by atoms with Gasteiger partial charge in [0.05, 0.1) is 11.1 Å². The summed E-state index contributed by atoms with van der Waals surface area (Å²) in [5.41, 5.74) is 1.08. The van der Waals surface area contributed by atoms with E-state index in [4.69, 9.17) is 0 Å². The van der Waals surface area contributed by atoms with Crippen LogP contribution in [0.25, 0.3) is 11.0 Å². The highest BCUT2D eigenvalue weighted by atomic mass is 19.3. The zero-order valence-electron chi connectivity index (χ0n) is 14.8. The molecule has 0 unspecified atom stereocenters. The standard InChI is InChI=1S/C19H16F4N4O/c1-9-17-12(18(22)23)7-15(10-2-3-10)25-19(17)27(26-9)8-16(28)24-11-4-5-13(20)14(21)6-11/h4-7,10,18H,2-3,8H2,1H3,(H,24,28). The Morgan fingerprint density at radius 2 is 2.00 bits per heavy atom. The van der Waals surface area contributed by atoms with E-state index in [1.54, 1.807) is 6.92 Å². The van der Waals surface area contributed by atoms with Crippen molar-refractivity contribution in [3.8, 4) is 0 Å². The van der Waals surface area contributed by atoms with Crippen LogP contribution < -0.4 is 5.32 Å². The van der Waals surface area contributed by atoms with Crippen molar-refractivity contribution in [1.82, 2.24) is 14.8 Å². The summed E-state index contributed by atoms with van der Waals surface area (Å²) in [7, 11) is 0. The van der Waals surface area contributed by atoms with E-state index in [0.29, 0.717) is 11.4 Å². The highest BCUT2D eigenvalue weighted by Crippen LogP contribution is 2.41. The van der Waals surface area contributed by atoms with Gasteiger partial charge in [-0.3, -0.25) is 4.79 Å². The van der Waals surface area contributed by atoms with Crippen molar-refractivity contribution in [3.63, 3.8) is 0 Å². The number of amides is 1. The molecule has 1 saturated carbocycles. The van der Waals surface area contributed by atoms with Gasteiger partial charge in [0.1, 0.15) is 6.54 Å². The van der Waals surface area contributed by atoms with Crippen LogP contribution in [-0.4, -0.2) is 20.7 Å². The number of pyridine rings is 1. The van der Waals surface area contributed by atoms with Gasteiger partial charge >= 0.3 is 0 Å². The molecule has 28 heavy (non-hydrogen) atoms. The maximum atomic E-state index is 13.6. The van der Waals surface area contributed by atoms with Crippen LogP contribution in [0.3, 0.4) is 0 Å². The van der Waals surface area contributed by atoms with E-state index in [9.17, 15) is 22.4 Å². The zero-order chi connectivity index (χ0) is 20.0. The second kappa shape index (κ2) is 6.88. The molecule has 2 heterocycles. The summed E-state index contributed by atoms with van der Waals surface area (Å²) in [5.74, 6) is -2.52. The van der Waals surface area contributed by atoms with Crippen LogP contribution in [-0.2, 0) is 11.3 Å². The van der Waals surface area contributed by atoms with Gasteiger partial charge in [-0.25, -0.2) is 27.2 Å². The van der Waals surface area contributed by atoms with E-state index in [-0.39, 0.29) is 34.7 Å². The molecule has 3 aromatic rings. The largest absolute Gasteiger partial charge is 0.324 e. The number of aryl methyl sites for hydroxylation is 1. The number of halogens is 4. The van der Waals surface area contributed by atoms with Crippen molar-refractivity contribution in [2.24, 2.45) is 0 Å². The van der Waals surface area contributed by atoms with E-state index in [1.165, 1.54) is 16.8 Å². The number of anilines is 1. The molecule has 0 aliphatic heterocycles. The Balaban J connectivity index is 1.66. The number of carbonyl (C=O) groups is 1. The minimum Gasteiger partial charge on any atom is -0.324 e. The van der Waals surface area contributed by atoms with Crippen molar-refractivity contribution in [1.29, 1.82) is 0 Å². The first-order valence-electron chi connectivity index (χ1n) is 8.74. The van der Waals surface area contributed by atoms with Gasteiger partial charge in [0.25, 0.3) is 6.43 Å². The summed E-state index contributed by atoms with van der Waals surface area (Å²) in [6.07, 6.45) is -0.897. The minimum absolute atomic E-state index is 0.0805. The van der Waals surface area contributed by atoms with Crippen LogP contribution in [0, 0.1) is 18.6 Å². The van der Waals surface area contributed by atoms with Gasteiger partial charge in [-0.05, 0) is 38.0 Å². The smallest absolute Gasteiger partial charge is 0.264 e. The highest BCUT2D eigenvalue weighted by molar-refractivity contribution is 5.92. The second-order valence-corrected chi connectivity index (χ2v) is 6.83. The van der Waals surface area contributed by atoms with Crippen molar-refractivity contribution >= 4 is 22.6 Å². The quantitative estimate of drug-likeness (QED) is 0.652. The van der Waals surface area contributed by atoms with Gasteiger partial charge in [0, 0.05) is 28.9 Å². The number of fused-ring (bicyclic) bond motifs is 1. The Labute approximate surface area is 157 Å². The molecule has 0 radical (unpaired) electrons. The number of hydrogen-bond donors (Lipinski definition) is 1. The lowest BCUT2D eigenvalue weighted by atomic mass is 10.1. The van der Waals surface area contributed by atoms with Crippen LogP contribution in [0.1, 0.15) is 42.1 Å². The molecular formula is C19H16F4N4O. The Morgan fingerprint density at radius 1 is 1.25 bits per heavy atom. The number of nitrogens with one attached hydrogen (secondary N) is 1. The lowest BCUT2D eigenvalue weighted by Gasteiger charge is -2.09. The van der Waals surface area contributed by atoms with Gasteiger partial charge in [0.2, 0.25) is 5.91 Å². The first-order valence-corrected chi connectivity index (χ1v) is 8.74. The zero-order valence-corrected chi connectivity index (χ0v) is 14.8. The first kappa shape index (κ1) is 18.4. The number of aromatic nitrogens is 3. The molecule has 9 heteroatoms.